The summed E-state index contributed by atoms with van der Waals surface area (Å²) < 4.78 is 1.73. The molecule has 1 fully saturated rings. The third-order valence-corrected chi connectivity index (χ3v) is 5.80. The van der Waals surface area contributed by atoms with E-state index in [2.05, 4.69) is 41.4 Å². The summed E-state index contributed by atoms with van der Waals surface area (Å²) in [5, 5.41) is 8.30. The Hall–Kier alpha value is -2.66. The van der Waals surface area contributed by atoms with Gasteiger partial charge in [-0.3, -0.25) is 4.79 Å². The Morgan fingerprint density at radius 3 is 2.59 bits per heavy atom. The summed E-state index contributed by atoms with van der Waals surface area (Å²) in [5.41, 5.74) is 4.05. The Bertz CT molecular complexity index is 1040. The molecule has 0 saturated heterocycles. The molecule has 1 saturated carbocycles. The van der Waals surface area contributed by atoms with E-state index in [4.69, 9.17) is 11.6 Å². The second-order valence-corrected chi connectivity index (χ2v) is 8.19. The van der Waals surface area contributed by atoms with E-state index < -0.39 is 0 Å². The molecule has 0 unspecified atom stereocenters. The summed E-state index contributed by atoms with van der Waals surface area (Å²) in [6, 6.07) is 13.8. The van der Waals surface area contributed by atoms with Crippen LogP contribution in [0.2, 0.25) is 5.02 Å². The van der Waals surface area contributed by atoms with E-state index in [1.165, 1.54) is 12.0 Å². The highest BCUT2D eigenvalue weighted by atomic mass is 35.5. The second-order valence-electron chi connectivity index (χ2n) is 7.76. The lowest BCUT2D eigenvalue weighted by molar-refractivity contribution is 0.0917. The first-order chi connectivity index (χ1) is 14.0. The van der Waals surface area contributed by atoms with Crippen LogP contribution in [-0.4, -0.2) is 26.7 Å². The molecule has 2 aromatic carbocycles. The Morgan fingerprint density at radius 2 is 1.86 bits per heavy atom. The van der Waals surface area contributed by atoms with Crippen molar-refractivity contribution in [3.8, 4) is 17.1 Å². The number of hydrogen-bond donors (Lipinski definition) is 1. The monoisotopic (exact) mass is 408 g/mol. The SMILES string of the molecule is Cc1ccc(-n2nc(C(=O)NC3CCCCC3)nc2-c2cccc(Cl)c2)cc1C. The van der Waals surface area contributed by atoms with Gasteiger partial charge < -0.3 is 5.32 Å². The number of amides is 1. The van der Waals surface area contributed by atoms with E-state index in [-0.39, 0.29) is 17.8 Å². The molecule has 0 radical (unpaired) electrons. The molecule has 1 amide bonds. The number of carbonyl (C=O) groups is 1. The lowest BCUT2D eigenvalue weighted by Gasteiger charge is -2.21. The molecule has 1 aliphatic carbocycles. The summed E-state index contributed by atoms with van der Waals surface area (Å²) in [6.45, 7) is 4.13. The average Bonchev–Trinajstić information content (AvgIpc) is 3.16. The number of halogens is 1. The maximum absolute atomic E-state index is 12.9. The minimum absolute atomic E-state index is 0.184. The average molecular weight is 409 g/mol. The number of aromatic nitrogens is 3. The van der Waals surface area contributed by atoms with Crippen LogP contribution < -0.4 is 5.32 Å². The molecule has 1 aliphatic rings. The molecule has 5 nitrogen and oxygen atoms in total. The van der Waals surface area contributed by atoms with Gasteiger partial charge in [0.1, 0.15) is 0 Å². The van der Waals surface area contributed by atoms with Crippen molar-refractivity contribution in [3.63, 3.8) is 0 Å². The Morgan fingerprint density at radius 1 is 1.07 bits per heavy atom. The maximum Gasteiger partial charge on any atom is 0.291 e. The van der Waals surface area contributed by atoms with Crippen LogP contribution in [0.5, 0.6) is 0 Å². The summed E-state index contributed by atoms with van der Waals surface area (Å²) >= 11 is 6.20. The van der Waals surface area contributed by atoms with Gasteiger partial charge in [0.2, 0.25) is 5.82 Å². The molecule has 1 heterocycles. The van der Waals surface area contributed by atoms with Gasteiger partial charge in [-0.25, -0.2) is 9.67 Å². The zero-order valence-corrected chi connectivity index (χ0v) is 17.5. The first kappa shape index (κ1) is 19.6. The summed E-state index contributed by atoms with van der Waals surface area (Å²) in [4.78, 5) is 17.5. The molecule has 3 aromatic rings. The van der Waals surface area contributed by atoms with E-state index in [0.29, 0.717) is 10.8 Å². The third kappa shape index (κ3) is 4.35. The third-order valence-electron chi connectivity index (χ3n) is 5.57. The van der Waals surface area contributed by atoms with Crippen molar-refractivity contribution in [1.82, 2.24) is 20.1 Å². The Kier molecular flexibility index (Phi) is 5.67. The van der Waals surface area contributed by atoms with Gasteiger partial charge in [-0.2, -0.15) is 0 Å². The molecule has 1 N–H and O–H groups in total. The van der Waals surface area contributed by atoms with Crippen molar-refractivity contribution in [2.45, 2.75) is 52.0 Å². The van der Waals surface area contributed by atoms with Gasteiger partial charge in [0.25, 0.3) is 5.91 Å². The van der Waals surface area contributed by atoms with Gasteiger partial charge in [-0.05, 0) is 62.1 Å². The number of benzene rings is 2. The highest BCUT2D eigenvalue weighted by molar-refractivity contribution is 6.30. The number of aryl methyl sites for hydroxylation is 2. The fourth-order valence-corrected chi connectivity index (χ4v) is 3.95. The fraction of sp³-hybridized carbons (Fsp3) is 0.348. The van der Waals surface area contributed by atoms with Gasteiger partial charge in [0, 0.05) is 16.6 Å². The molecule has 6 heteroatoms. The molecule has 0 bridgehead atoms. The van der Waals surface area contributed by atoms with Gasteiger partial charge >= 0.3 is 0 Å². The van der Waals surface area contributed by atoms with Crippen LogP contribution in [-0.2, 0) is 0 Å². The molecule has 0 atom stereocenters. The molecular formula is C23H25ClN4O. The highest BCUT2D eigenvalue weighted by Crippen LogP contribution is 2.25. The predicted octanol–water partition coefficient (Wildman–Crippen LogP) is 5.27. The summed E-state index contributed by atoms with van der Waals surface area (Å²) in [5.74, 6) is 0.566. The van der Waals surface area contributed by atoms with Gasteiger partial charge in [0.05, 0.1) is 5.69 Å². The van der Waals surface area contributed by atoms with Gasteiger partial charge in [-0.1, -0.05) is 49.1 Å². The standard InChI is InChI=1S/C23H25ClN4O/c1-15-11-12-20(13-16(15)2)28-22(17-7-6-8-18(24)14-17)26-21(27-28)23(29)25-19-9-4-3-5-10-19/h6-8,11-14,19H,3-5,9-10H2,1-2H3,(H,25,29). The van der Waals surface area contributed by atoms with Gasteiger partial charge in [-0.15, -0.1) is 5.10 Å². The second kappa shape index (κ2) is 8.37. The lowest BCUT2D eigenvalue weighted by atomic mass is 9.95. The first-order valence-corrected chi connectivity index (χ1v) is 10.5. The van der Waals surface area contributed by atoms with Gasteiger partial charge in [0.15, 0.2) is 5.82 Å². The Balaban J connectivity index is 1.73. The van der Waals surface area contributed by atoms with Crippen LogP contribution in [0.25, 0.3) is 17.1 Å². The van der Waals surface area contributed by atoms with E-state index in [9.17, 15) is 4.79 Å². The Labute approximate surface area is 176 Å². The molecular weight excluding hydrogens is 384 g/mol. The van der Waals surface area contributed by atoms with E-state index >= 15 is 0 Å². The van der Waals surface area contributed by atoms with Crippen molar-refractivity contribution in [2.24, 2.45) is 0 Å². The van der Waals surface area contributed by atoms with Crippen LogP contribution in [0.3, 0.4) is 0 Å². The quantitative estimate of drug-likeness (QED) is 0.639. The molecule has 150 valence electrons. The van der Waals surface area contributed by atoms with E-state index in [1.807, 2.05) is 30.3 Å². The topological polar surface area (TPSA) is 59.8 Å². The minimum Gasteiger partial charge on any atom is -0.347 e. The van der Waals surface area contributed by atoms with Crippen molar-refractivity contribution >= 4 is 17.5 Å². The number of carbonyl (C=O) groups excluding carboxylic acids is 1. The van der Waals surface area contributed by atoms with Crippen LogP contribution in [0.15, 0.2) is 42.5 Å². The largest absolute Gasteiger partial charge is 0.347 e. The minimum atomic E-state index is -0.220. The van der Waals surface area contributed by atoms with Crippen molar-refractivity contribution < 1.29 is 4.79 Å². The smallest absolute Gasteiger partial charge is 0.291 e. The number of rotatable bonds is 4. The molecule has 0 aliphatic heterocycles. The molecule has 29 heavy (non-hydrogen) atoms. The first-order valence-electron chi connectivity index (χ1n) is 10.1. The van der Waals surface area contributed by atoms with E-state index in [1.54, 1.807) is 4.68 Å². The zero-order chi connectivity index (χ0) is 20.4. The molecule has 4 rings (SSSR count). The fourth-order valence-electron chi connectivity index (χ4n) is 3.76. The zero-order valence-electron chi connectivity index (χ0n) is 16.8. The van der Waals surface area contributed by atoms with E-state index in [0.717, 1.165) is 42.5 Å². The summed E-state index contributed by atoms with van der Waals surface area (Å²) in [6.07, 6.45) is 5.59. The number of hydrogen-bond acceptors (Lipinski definition) is 3. The van der Waals surface area contributed by atoms with Crippen molar-refractivity contribution in [3.05, 3.63) is 64.4 Å². The molecule has 0 spiro atoms. The number of nitrogens with zero attached hydrogens (tertiary/aromatic N) is 3. The van der Waals surface area contributed by atoms with Crippen LogP contribution in [0.4, 0.5) is 0 Å². The van der Waals surface area contributed by atoms with Crippen LogP contribution in [0, 0.1) is 13.8 Å². The van der Waals surface area contributed by atoms with Crippen LogP contribution >= 0.6 is 11.6 Å². The normalized spacial score (nSPS) is 14.7. The molecule has 1 aromatic heterocycles. The number of nitrogens with one attached hydrogen (secondary N) is 1. The predicted molar refractivity (Wildman–Crippen MR) is 116 cm³/mol. The lowest BCUT2D eigenvalue weighted by Crippen LogP contribution is -2.36. The van der Waals surface area contributed by atoms with Crippen LogP contribution in [0.1, 0.15) is 53.8 Å². The summed E-state index contributed by atoms with van der Waals surface area (Å²) in [7, 11) is 0. The highest BCUT2D eigenvalue weighted by Gasteiger charge is 2.22. The van der Waals surface area contributed by atoms with Crippen molar-refractivity contribution in [1.29, 1.82) is 0 Å². The van der Waals surface area contributed by atoms with Crippen molar-refractivity contribution in [2.75, 3.05) is 0 Å². The maximum atomic E-state index is 12.9.